The number of rotatable bonds is 3. The molecule has 144 valence electrons. The van der Waals surface area contributed by atoms with E-state index >= 15 is 0 Å². The lowest BCUT2D eigenvalue weighted by Gasteiger charge is -2.38. The number of thiophene rings is 1. The third-order valence-electron chi connectivity index (χ3n) is 5.47. The van der Waals surface area contributed by atoms with Crippen molar-refractivity contribution < 1.29 is 9.59 Å². The molecule has 26 heavy (non-hydrogen) atoms. The van der Waals surface area contributed by atoms with Crippen LogP contribution in [0.1, 0.15) is 61.7 Å². The Morgan fingerprint density at radius 1 is 1.12 bits per heavy atom. The lowest BCUT2D eigenvalue weighted by atomic mass is 9.96. The molecule has 0 atom stereocenters. The van der Waals surface area contributed by atoms with Gasteiger partial charge >= 0.3 is 0 Å². The van der Waals surface area contributed by atoms with Crippen LogP contribution in [0.5, 0.6) is 0 Å². The van der Waals surface area contributed by atoms with Crippen molar-refractivity contribution in [1.82, 2.24) is 9.80 Å². The van der Waals surface area contributed by atoms with Gasteiger partial charge < -0.3 is 10.2 Å². The van der Waals surface area contributed by atoms with Gasteiger partial charge in [0.1, 0.15) is 0 Å². The number of hydrogen-bond acceptors (Lipinski definition) is 4. The lowest BCUT2D eigenvalue weighted by Crippen LogP contribution is -2.51. The summed E-state index contributed by atoms with van der Waals surface area (Å²) in [6.07, 6.45) is 5.33. The molecule has 0 spiro atoms. The van der Waals surface area contributed by atoms with E-state index in [-0.39, 0.29) is 11.8 Å². The maximum Gasteiger partial charge on any atom is 0.264 e. The van der Waals surface area contributed by atoms with Gasteiger partial charge in [-0.3, -0.25) is 14.5 Å². The molecule has 0 unspecified atom stereocenters. The highest BCUT2D eigenvalue weighted by atomic mass is 32.1. The molecule has 1 saturated heterocycles. The lowest BCUT2D eigenvalue weighted by molar-refractivity contribution is -0.123. The van der Waals surface area contributed by atoms with Crippen molar-refractivity contribution in [3.05, 3.63) is 16.5 Å². The second-order valence-corrected chi connectivity index (χ2v) is 9.65. The molecule has 1 saturated carbocycles. The molecule has 1 aromatic heterocycles. The molecule has 2 heterocycles. The van der Waals surface area contributed by atoms with Gasteiger partial charge in [0.15, 0.2) is 0 Å². The molecule has 0 aromatic carbocycles. The summed E-state index contributed by atoms with van der Waals surface area (Å²) in [6.45, 7) is 11.2. The van der Waals surface area contributed by atoms with Gasteiger partial charge in [0.25, 0.3) is 5.91 Å². The summed E-state index contributed by atoms with van der Waals surface area (Å²) in [4.78, 5) is 30.4. The first-order chi connectivity index (χ1) is 12.3. The van der Waals surface area contributed by atoms with E-state index in [0.717, 1.165) is 47.7 Å². The van der Waals surface area contributed by atoms with Crippen LogP contribution in [0.3, 0.4) is 0 Å². The summed E-state index contributed by atoms with van der Waals surface area (Å²) in [7, 11) is 0. The van der Waals surface area contributed by atoms with Crippen molar-refractivity contribution >= 4 is 28.2 Å². The van der Waals surface area contributed by atoms with E-state index in [4.69, 9.17) is 0 Å². The minimum Gasteiger partial charge on any atom is -0.335 e. The quantitative estimate of drug-likeness (QED) is 0.873. The van der Waals surface area contributed by atoms with Crippen LogP contribution >= 0.6 is 11.3 Å². The zero-order valence-electron chi connectivity index (χ0n) is 16.4. The maximum atomic E-state index is 12.9. The van der Waals surface area contributed by atoms with Gasteiger partial charge in [-0.2, -0.15) is 0 Å². The molecule has 1 N–H and O–H groups in total. The number of nitrogens with zero attached hydrogens (tertiary/aromatic N) is 2. The van der Waals surface area contributed by atoms with Gasteiger partial charge in [-0.25, -0.2) is 0 Å². The zero-order valence-corrected chi connectivity index (χ0v) is 17.2. The molecular formula is C20H31N3O2S. The van der Waals surface area contributed by atoms with Gasteiger partial charge in [-0.05, 0) is 31.4 Å². The van der Waals surface area contributed by atoms with E-state index < -0.39 is 5.41 Å². The van der Waals surface area contributed by atoms with Gasteiger partial charge in [0, 0.05) is 37.6 Å². The Morgan fingerprint density at radius 3 is 2.31 bits per heavy atom. The maximum absolute atomic E-state index is 12.9. The summed E-state index contributed by atoms with van der Waals surface area (Å²) >= 11 is 1.40. The van der Waals surface area contributed by atoms with Crippen molar-refractivity contribution in [1.29, 1.82) is 0 Å². The number of amides is 2. The topological polar surface area (TPSA) is 52.7 Å². The molecule has 2 aliphatic rings. The molecule has 2 amide bonds. The predicted octanol–water partition coefficient (Wildman–Crippen LogP) is 3.74. The van der Waals surface area contributed by atoms with E-state index in [0.29, 0.717) is 0 Å². The predicted molar refractivity (Wildman–Crippen MR) is 107 cm³/mol. The van der Waals surface area contributed by atoms with Crippen LogP contribution < -0.4 is 5.32 Å². The van der Waals surface area contributed by atoms with E-state index in [2.05, 4.69) is 10.2 Å². The van der Waals surface area contributed by atoms with Crippen LogP contribution in [0.15, 0.2) is 6.07 Å². The number of hydrogen-bond donors (Lipinski definition) is 1. The van der Waals surface area contributed by atoms with Crippen molar-refractivity contribution in [3.63, 3.8) is 0 Å². The molecule has 1 aliphatic carbocycles. The fraction of sp³-hybridized carbons (Fsp3) is 0.700. The van der Waals surface area contributed by atoms with E-state index in [1.54, 1.807) is 0 Å². The third-order valence-corrected chi connectivity index (χ3v) is 6.61. The number of carbonyl (C=O) groups excluding carboxylic acids is 2. The van der Waals surface area contributed by atoms with Crippen LogP contribution in [0.2, 0.25) is 0 Å². The summed E-state index contributed by atoms with van der Waals surface area (Å²) in [6, 6.07) is 2.64. The van der Waals surface area contributed by atoms with E-state index in [1.165, 1.54) is 37.0 Å². The zero-order chi connectivity index (χ0) is 18.9. The second kappa shape index (κ2) is 7.69. The van der Waals surface area contributed by atoms with Gasteiger partial charge in [-0.1, -0.05) is 33.6 Å². The molecule has 0 bridgehead atoms. The Morgan fingerprint density at radius 2 is 1.73 bits per heavy atom. The molecule has 1 aliphatic heterocycles. The standard InChI is InChI=1S/C20H31N3O2S/c1-14-13-16(21-19(25)20(2,3)4)26-17(14)18(24)23-11-9-22(10-12-23)15-7-5-6-8-15/h13,15H,5-12H2,1-4H3,(H,21,25). The number of nitrogens with one attached hydrogen (secondary N) is 1. The largest absolute Gasteiger partial charge is 0.335 e. The molecule has 3 rings (SSSR count). The second-order valence-electron chi connectivity index (χ2n) is 8.59. The first-order valence-electron chi connectivity index (χ1n) is 9.71. The van der Waals surface area contributed by atoms with Crippen molar-refractivity contribution in [2.75, 3.05) is 31.5 Å². The van der Waals surface area contributed by atoms with Crippen molar-refractivity contribution in [3.8, 4) is 0 Å². The fourth-order valence-corrected chi connectivity index (χ4v) is 4.79. The van der Waals surface area contributed by atoms with Crippen LogP contribution in [-0.2, 0) is 4.79 Å². The van der Waals surface area contributed by atoms with Crippen molar-refractivity contribution in [2.24, 2.45) is 5.41 Å². The first-order valence-corrected chi connectivity index (χ1v) is 10.5. The third kappa shape index (κ3) is 4.29. The average Bonchev–Trinajstić information content (AvgIpc) is 3.23. The van der Waals surface area contributed by atoms with Gasteiger partial charge in [0.05, 0.1) is 9.88 Å². The summed E-state index contributed by atoms with van der Waals surface area (Å²) < 4.78 is 0. The number of anilines is 1. The first kappa shape index (κ1) is 19.4. The molecule has 5 nitrogen and oxygen atoms in total. The molecule has 6 heteroatoms. The van der Waals surface area contributed by atoms with Gasteiger partial charge in [0.2, 0.25) is 5.91 Å². The van der Waals surface area contributed by atoms with E-state index in [9.17, 15) is 9.59 Å². The Labute approximate surface area is 160 Å². The number of aryl methyl sites for hydroxylation is 1. The summed E-state index contributed by atoms with van der Waals surface area (Å²) in [5.41, 5.74) is 0.501. The number of piperazine rings is 1. The van der Waals surface area contributed by atoms with Crippen LogP contribution in [0, 0.1) is 12.3 Å². The molecule has 1 aromatic rings. The van der Waals surface area contributed by atoms with E-state index in [1.807, 2.05) is 38.7 Å². The highest BCUT2D eigenvalue weighted by Gasteiger charge is 2.30. The molecular weight excluding hydrogens is 346 g/mol. The van der Waals surface area contributed by atoms with Crippen molar-refractivity contribution in [2.45, 2.75) is 59.4 Å². The van der Waals surface area contributed by atoms with Gasteiger partial charge in [-0.15, -0.1) is 11.3 Å². The Hall–Kier alpha value is -1.40. The minimum absolute atomic E-state index is 0.0251. The summed E-state index contributed by atoms with van der Waals surface area (Å²) in [5, 5.41) is 3.71. The monoisotopic (exact) mass is 377 g/mol. The summed E-state index contributed by atoms with van der Waals surface area (Å²) in [5.74, 6) is 0.0813. The van der Waals surface area contributed by atoms with Crippen LogP contribution in [-0.4, -0.2) is 53.8 Å². The Kier molecular flexibility index (Phi) is 5.72. The average molecular weight is 378 g/mol. The highest BCUT2D eigenvalue weighted by Crippen LogP contribution is 2.30. The fourth-order valence-electron chi connectivity index (χ4n) is 3.76. The highest BCUT2D eigenvalue weighted by molar-refractivity contribution is 7.18. The van der Waals surface area contributed by atoms with Crippen LogP contribution in [0.25, 0.3) is 0 Å². The Bertz CT molecular complexity index is 663. The normalized spacial score (nSPS) is 19.8. The van der Waals surface area contributed by atoms with Crippen LogP contribution in [0.4, 0.5) is 5.00 Å². The Balaban J connectivity index is 1.61. The minimum atomic E-state index is -0.446. The molecule has 0 radical (unpaired) electrons. The number of carbonyl (C=O) groups is 2. The molecule has 2 fully saturated rings. The smallest absolute Gasteiger partial charge is 0.264 e. The SMILES string of the molecule is Cc1cc(NC(=O)C(C)(C)C)sc1C(=O)N1CCN(C2CCCC2)CC1.